The molecule has 1 saturated heterocycles. The van der Waals surface area contributed by atoms with E-state index < -0.39 is 5.92 Å². The smallest absolute Gasteiger partial charge is 0.237 e. The molecule has 1 unspecified atom stereocenters. The van der Waals surface area contributed by atoms with Crippen LogP contribution >= 0.6 is 0 Å². The Hall–Kier alpha value is -3.22. The maximum atomic E-state index is 13.4. The van der Waals surface area contributed by atoms with Crippen molar-refractivity contribution < 1.29 is 14.0 Å². The molecule has 7 heteroatoms. The zero-order valence-corrected chi connectivity index (χ0v) is 16.2. The predicted octanol–water partition coefficient (Wildman–Crippen LogP) is 3.27. The number of aryl methyl sites for hydroxylation is 1. The van der Waals surface area contributed by atoms with Crippen LogP contribution in [0.1, 0.15) is 29.9 Å². The Bertz CT molecular complexity index is 996. The molecule has 2 amide bonds. The molecule has 4 rings (SSSR count). The average molecular weight is 394 g/mol. The summed E-state index contributed by atoms with van der Waals surface area (Å²) >= 11 is 0. The number of piperidine rings is 1. The molecule has 2 heterocycles. The van der Waals surface area contributed by atoms with Gasteiger partial charge < -0.3 is 16.0 Å². The standard InChI is InChI=1S/C22H23FN4O2/c1-13-10-16(3-5-20(13)27-8-6-14(7-9-27)21(24)28)25-12-18-17-4-2-15(23)11-19(17)26-22(18)29/h2-5,10-12,14,18H,6-9H2,1H3,(H2,24,28)(H,26,29). The molecule has 0 saturated carbocycles. The molecule has 150 valence electrons. The van der Waals surface area contributed by atoms with Crippen LogP contribution in [0.5, 0.6) is 0 Å². The number of fused-ring (bicyclic) bond motifs is 1. The Morgan fingerprint density at radius 3 is 2.69 bits per heavy atom. The van der Waals surface area contributed by atoms with Gasteiger partial charge in [-0.1, -0.05) is 6.07 Å². The van der Waals surface area contributed by atoms with Crippen LogP contribution in [0.2, 0.25) is 0 Å². The summed E-state index contributed by atoms with van der Waals surface area (Å²) in [6, 6.07) is 10.2. The van der Waals surface area contributed by atoms with E-state index in [1.165, 1.54) is 12.1 Å². The van der Waals surface area contributed by atoms with E-state index >= 15 is 0 Å². The minimum atomic E-state index is -0.529. The number of aliphatic imine (C=N–C) groups is 1. The van der Waals surface area contributed by atoms with Crippen LogP contribution in [0.25, 0.3) is 0 Å². The summed E-state index contributed by atoms with van der Waals surface area (Å²) in [7, 11) is 0. The molecule has 0 bridgehead atoms. The third-order valence-corrected chi connectivity index (χ3v) is 5.68. The number of amides is 2. The molecule has 0 radical (unpaired) electrons. The second-order valence-corrected chi connectivity index (χ2v) is 7.61. The van der Waals surface area contributed by atoms with Gasteiger partial charge in [-0.3, -0.25) is 14.6 Å². The first-order valence-electron chi connectivity index (χ1n) is 9.72. The first-order chi connectivity index (χ1) is 13.9. The molecule has 0 aliphatic carbocycles. The average Bonchev–Trinajstić information content (AvgIpc) is 3.00. The lowest BCUT2D eigenvalue weighted by Crippen LogP contribution is -2.38. The summed E-state index contributed by atoms with van der Waals surface area (Å²) in [6.45, 7) is 3.62. The number of halogens is 1. The summed E-state index contributed by atoms with van der Waals surface area (Å²) in [5.41, 5.74) is 9.59. The lowest BCUT2D eigenvalue weighted by Gasteiger charge is -2.33. The van der Waals surface area contributed by atoms with Crippen molar-refractivity contribution in [1.82, 2.24) is 0 Å². The van der Waals surface area contributed by atoms with E-state index in [2.05, 4.69) is 15.2 Å². The maximum absolute atomic E-state index is 13.4. The fourth-order valence-corrected chi connectivity index (χ4v) is 4.05. The van der Waals surface area contributed by atoms with Crippen molar-refractivity contribution in [3.63, 3.8) is 0 Å². The number of nitrogens with one attached hydrogen (secondary N) is 1. The van der Waals surface area contributed by atoms with Crippen molar-refractivity contribution in [3.8, 4) is 0 Å². The number of nitrogens with two attached hydrogens (primary N) is 1. The number of carbonyl (C=O) groups is 2. The minimum absolute atomic E-state index is 0.0376. The summed E-state index contributed by atoms with van der Waals surface area (Å²) in [6.07, 6.45) is 3.14. The van der Waals surface area contributed by atoms with E-state index in [-0.39, 0.29) is 23.5 Å². The Morgan fingerprint density at radius 2 is 2.00 bits per heavy atom. The van der Waals surface area contributed by atoms with Crippen molar-refractivity contribution >= 4 is 35.1 Å². The van der Waals surface area contributed by atoms with Crippen LogP contribution in [-0.4, -0.2) is 31.1 Å². The third-order valence-electron chi connectivity index (χ3n) is 5.68. The van der Waals surface area contributed by atoms with Crippen LogP contribution < -0.4 is 16.0 Å². The topological polar surface area (TPSA) is 87.8 Å². The van der Waals surface area contributed by atoms with Crippen LogP contribution in [-0.2, 0) is 9.59 Å². The highest BCUT2D eigenvalue weighted by atomic mass is 19.1. The molecule has 1 atom stereocenters. The first kappa shape index (κ1) is 19.1. The van der Waals surface area contributed by atoms with Gasteiger partial charge in [-0.25, -0.2) is 4.39 Å². The molecule has 6 nitrogen and oxygen atoms in total. The molecule has 2 aliphatic heterocycles. The Morgan fingerprint density at radius 1 is 1.24 bits per heavy atom. The number of rotatable bonds is 4. The van der Waals surface area contributed by atoms with Gasteiger partial charge in [0.25, 0.3) is 0 Å². The quantitative estimate of drug-likeness (QED) is 0.780. The van der Waals surface area contributed by atoms with Crippen LogP contribution in [0.3, 0.4) is 0 Å². The Kier molecular flexibility index (Phi) is 5.05. The highest BCUT2D eigenvalue weighted by Gasteiger charge is 2.29. The highest BCUT2D eigenvalue weighted by Crippen LogP contribution is 2.33. The number of carbonyl (C=O) groups excluding carboxylic acids is 2. The van der Waals surface area contributed by atoms with E-state index in [9.17, 15) is 14.0 Å². The summed E-state index contributed by atoms with van der Waals surface area (Å²) < 4.78 is 13.4. The van der Waals surface area contributed by atoms with Crippen LogP contribution in [0.4, 0.5) is 21.5 Å². The molecule has 2 aliphatic rings. The van der Waals surface area contributed by atoms with Crippen molar-refractivity contribution in [1.29, 1.82) is 0 Å². The number of hydrogen-bond donors (Lipinski definition) is 2. The van der Waals surface area contributed by atoms with Gasteiger partial charge in [0.2, 0.25) is 11.8 Å². The first-order valence-corrected chi connectivity index (χ1v) is 9.72. The van der Waals surface area contributed by atoms with E-state index in [0.717, 1.165) is 48.4 Å². The van der Waals surface area contributed by atoms with Crippen LogP contribution in [0.15, 0.2) is 41.4 Å². The molecule has 1 fully saturated rings. The normalized spacial score (nSPS) is 19.4. The molecular weight excluding hydrogens is 371 g/mol. The monoisotopic (exact) mass is 394 g/mol. The molecule has 0 spiro atoms. The zero-order chi connectivity index (χ0) is 20.5. The molecule has 3 N–H and O–H groups in total. The number of hydrogen-bond acceptors (Lipinski definition) is 4. The van der Waals surface area contributed by atoms with Gasteiger partial charge in [-0.2, -0.15) is 0 Å². The lowest BCUT2D eigenvalue weighted by atomic mass is 9.95. The van der Waals surface area contributed by atoms with Gasteiger partial charge >= 0.3 is 0 Å². The molecule has 2 aromatic rings. The number of benzene rings is 2. The fourth-order valence-electron chi connectivity index (χ4n) is 4.05. The number of anilines is 2. The molecule has 29 heavy (non-hydrogen) atoms. The number of primary amides is 1. The molecule has 0 aromatic heterocycles. The van der Waals surface area contributed by atoms with Gasteiger partial charge in [0.05, 0.1) is 5.69 Å². The largest absolute Gasteiger partial charge is 0.371 e. The second kappa shape index (κ2) is 7.66. The van der Waals surface area contributed by atoms with E-state index in [1.54, 1.807) is 12.3 Å². The van der Waals surface area contributed by atoms with Crippen LogP contribution in [0, 0.1) is 18.7 Å². The Balaban J connectivity index is 1.48. The number of nitrogens with zero attached hydrogens (tertiary/aromatic N) is 2. The Labute approximate surface area is 168 Å². The fraction of sp³-hybridized carbons (Fsp3) is 0.318. The van der Waals surface area contributed by atoms with E-state index in [0.29, 0.717) is 5.69 Å². The molecule has 2 aromatic carbocycles. The van der Waals surface area contributed by atoms with Crippen molar-refractivity contribution in [2.75, 3.05) is 23.3 Å². The second-order valence-electron chi connectivity index (χ2n) is 7.61. The van der Waals surface area contributed by atoms with E-state index in [4.69, 9.17) is 5.73 Å². The zero-order valence-electron chi connectivity index (χ0n) is 16.2. The van der Waals surface area contributed by atoms with E-state index in [1.807, 2.05) is 25.1 Å². The SMILES string of the molecule is Cc1cc(N=CC2C(=O)Nc3cc(F)ccc32)ccc1N1CCC(C(N)=O)CC1. The van der Waals surface area contributed by atoms with Gasteiger partial charge in [-0.05, 0) is 61.2 Å². The molecular formula is C22H23FN4O2. The minimum Gasteiger partial charge on any atom is -0.371 e. The summed E-state index contributed by atoms with van der Waals surface area (Å²) in [5.74, 6) is -1.37. The van der Waals surface area contributed by atoms with Gasteiger partial charge in [0.15, 0.2) is 0 Å². The lowest BCUT2D eigenvalue weighted by molar-refractivity contribution is -0.122. The maximum Gasteiger partial charge on any atom is 0.237 e. The third kappa shape index (κ3) is 3.85. The predicted molar refractivity (Wildman–Crippen MR) is 111 cm³/mol. The summed E-state index contributed by atoms with van der Waals surface area (Å²) in [4.78, 5) is 30.3. The van der Waals surface area contributed by atoms with Crippen molar-refractivity contribution in [3.05, 3.63) is 53.3 Å². The van der Waals surface area contributed by atoms with Gasteiger partial charge in [0.1, 0.15) is 11.7 Å². The summed E-state index contributed by atoms with van der Waals surface area (Å²) in [5, 5.41) is 2.69. The van der Waals surface area contributed by atoms with Gasteiger partial charge in [-0.15, -0.1) is 0 Å². The van der Waals surface area contributed by atoms with Crippen molar-refractivity contribution in [2.24, 2.45) is 16.6 Å². The highest BCUT2D eigenvalue weighted by molar-refractivity contribution is 6.12. The van der Waals surface area contributed by atoms with Crippen molar-refractivity contribution in [2.45, 2.75) is 25.7 Å². The van der Waals surface area contributed by atoms with Gasteiger partial charge in [0, 0.05) is 36.6 Å².